The highest BCUT2D eigenvalue weighted by atomic mass is 15.4. The second-order valence-electron chi connectivity index (χ2n) is 2.81. The normalized spacial score (nSPS) is 20.0. The van der Waals surface area contributed by atoms with Gasteiger partial charge in [-0.1, -0.05) is 0 Å². The van der Waals surface area contributed by atoms with Crippen molar-refractivity contribution in [2.24, 2.45) is 4.99 Å². The van der Waals surface area contributed by atoms with Crippen molar-refractivity contribution in [3.63, 3.8) is 0 Å². The van der Waals surface area contributed by atoms with E-state index in [2.05, 4.69) is 4.99 Å². The highest BCUT2D eigenvalue weighted by Crippen LogP contribution is 2.19. The Morgan fingerprint density at radius 3 is 3.25 bits per heavy atom. The Morgan fingerprint density at radius 2 is 2.50 bits per heavy atom. The molecule has 0 saturated carbocycles. The Kier molecular flexibility index (Phi) is 1.37. The van der Waals surface area contributed by atoms with E-state index in [9.17, 15) is 0 Å². The third kappa shape index (κ3) is 0.957. The Bertz CT molecular complexity index is 331. The molecular weight excluding hydrogens is 152 g/mol. The van der Waals surface area contributed by atoms with Gasteiger partial charge in [0.25, 0.3) is 0 Å². The van der Waals surface area contributed by atoms with Crippen molar-refractivity contribution >= 4 is 6.34 Å². The van der Waals surface area contributed by atoms with E-state index >= 15 is 0 Å². The number of rotatable bonds is 0. The molecule has 4 heteroatoms. The first-order chi connectivity index (χ1) is 5.79. The largest absolute Gasteiger partial charge is 0.361 e. The first kappa shape index (κ1) is 6.92. The van der Waals surface area contributed by atoms with Crippen LogP contribution in [0.3, 0.4) is 0 Å². The van der Waals surface area contributed by atoms with Crippen LogP contribution in [0.4, 0.5) is 0 Å². The van der Waals surface area contributed by atoms with Gasteiger partial charge in [-0.2, -0.15) is 5.26 Å². The lowest BCUT2D eigenvalue weighted by atomic mass is 10.3. The van der Waals surface area contributed by atoms with Crippen molar-refractivity contribution in [2.75, 3.05) is 13.7 Å². The van der Waals surface area contributed by atoms with Gasteiger partial charge in [0.2, 0.25) is 0 Å². The predicted octanol–water partition coefficient (Wildman–Crippen LogP) is 0.482. The van der Waals surface area contributed by atoms with Crippen molar-refractivity contribution in [1.29, 1.82) is 5.26 Å². The number of fused-ring (bicyclic) bond motifs is 1. The SMILES string of the molecule is CN1C=C2C=C(C#N)N=CN2C1. The van der Waals surface area contributed by atoms with E-state index in [0.29, 0.717) is 5.70 Å². The molecule has 0 aliphatic carbocycles. The molecular formula is C8H8N4. The number of hydrogen-bond donors (Lipinski definition) is 0. The zero-order valence-corrected chi connectivity index (χ0v) is 6.73. The van der Waals surface area contributed by atoms with Crippen molar-refractivity contribution in [1.82, 2.24) is 9.80 Å². The summed E-state index contributed by atoms with van der Waals surface area (Å²) in [5.41, 5.74) is 1.50. The van der Waals surface area contributed by atoms with Crippen molar-refractivity contribution in [2.45, 2.75) is 0 Å². The van der Waals surface area contributed by atoms with Crippen LogP contribution in [0.15, 0.2) is 28.7 Å². The lowest BCUT2D eigenvalue weighted by molar-refractivity contribution is 0.385. The zero-order chi connectivity index (χ0) is 8.55. The third-order valence-electron chi connectivity index (χ3n) is 1.80. The summed E-state index contributed by atoms with van der Waals surface area (Å²) >= 11 is 0. The third-order valence-corrected chi connectivity index (χ3v) is 1.80. The topological polar surface area (TPSA) is 42.6 Å². The van der Waals surface area contributed by atoms with Crippen LogP contribution in [0.1, 0.15) is 0 Å². The number of aliphatic imine (C=N–C) groups is 1. The standard InChI is InChI=1S/C8H8N4/c1-11-4-8-2-7(3-9)10-5-12(8)6-11/h2,4-5H,6H2,1H3. The molecule has 0 spiro atoms. The quantitative estimate of drug-likeness (QED) is 0.517. The zero-order valence-electron chi connectivity index (χ0n) is 6.73. The van der Waals surface area contributed by atoms with Crippen LogP contribution in [0.5, 0.6) is 0 Å². The Hall–Kier alpha value is -1.76. The van der Waals surface area contributed by atoms with E-state index in [1.165, 1.54) is 0 Å². The average Bonchev–Trinajstić information content (AvgIpc) is 2.43. The monoisotopic (exact) mass is 160 g/mol. The summed E-state index contributed by atoms with van der Waals surface area (Å²) in [6.45, 7) is 0.814. The van der Waals surface area contributed by atoms with Crippen molar-refractivity contribution < 1.29 is 0 Å². The number of nitrogens with zero attached hydrogens (tertiary/aromatic N) is 4. The molecule has 0 fully saturated rings. The predicted molar refractivity (Wildman–Crippen MR) is 44.7 cm³/mol. The smallest absolute Gasteiger partial charge is 0.144 e. The molecule has 60 valence electrons. The molecule has 0 aromatic rings. The maximum atomic E-state index is 8.59. The Labute approximate surface area is 70.7 Å². The summed E-state index contributed by atoms with van der Waals surface area (Å²) < 4.78 is 0. The molecule has 2 aliphatic rings. The first-order valence-corrected chi connectivity index (χ1v) is 3.64. The summed E-state index contributed by atoms with van der Waals surface area (Å²) in [4.78, 5) is 7.99. The van der Waals surface area contributed by atoms with Crippen LogP contribution in [0.25, 0.3) is 0 Å². The molecule has 0 bridgehead atoms. The fraction of sp³-hybridized carbons (Fsp3) is 0.250. The molecule has 0 radical (unpaired) electrons. The van der Waals surface area contributed by atoms with E-state index in [1.54, 1.807) is 12.4 Å². The maximum absolute atomic E-state index is 8.59. The molecule has 12 heavy (non-hydrogen) atoms. The molecule has 0 unspecified atom stereocenters. The highest BCUT2D eigenvalue weighted by molar-refractivity contribution is 5.65. The van der Waals surface area contributed by atoms with E-state index in [4.69, 9.17) is 5.26 Å². The van der Waals surface area contributed by atoms with Crippen LogP contribution in [0, 0.1) is 11.3 Å². The molecule has 2 rings (SSSR count). The van der Waals surface area contributed by atoms with Gasteiger partial charge < -0.3 is 9.80 Å². The molecule has 2 aliphatic heterocycles. The molecule has 0 aromatic carbocycles. The van der Waals surface area contributed by atoms with E-state index in [0.717, 1.165) is 12.4 Å². The van der Waals surface area contributed by atoms with Gasteiger partial charge in [-0.3, -0.25) is 0 Å². The minimum Gasteiger partial charge on any atom is -0.361 e. The van der Waals surface area contributed by atoms with Crippen molar-refractivity contribution in [3.05, 3.63) is 23.7 Å². The maximum Gasteiger partial charge on any atom is 0.144 e. The fourth-order valence-electron chi connectivity index (χ4n) is 1.26. The average molecular weight is 160 g/mol. The summed E-state index contributed by atoms with van der Waals surface area (Å²) in [5.74, 6) is 0. The van der Waals surface area contributed by atoms with E-state index < -0.39 is 0 Å². The molecule has 0 amide bonds. The number of hydrogen-bond acceptors (Lipinski definition) is 4. The molecule has 0 saturated heterocycles. The minimum absolute atomic E-state index is 0.466. The molecule has 0 N–H and O–H groups in total. The second-order valence-corrected chi connectivity index (χ2v) is 2.81. The summed E-state index contributed by atoms with van der Waals surface area (Å²) in [5, 5.41) is 8.59. The van der Waals surface area contributed by atoms with Gasteiger partial charge in [-0.15, -0.1) is 0 Å². The number of nitriles is 1. The van der Waals surface area contributed by atoms with Gasteiger partial charge in [0.1, 0.15) is 11.8 Å². The lowest BCUT2D eigenvalue weighted by Gasteiger charge is -2.17. The van der Waals surface area contributed by atoms with Gasteiger partial charge in [-0.25, -0.2) is 4.99 Å². The number of allylic oxidation sites excluding steroid dienone is 2. The van der Waals surface area contributed by atoms with Gasteiger partial charge in [0, 0.05) is 13.2 Å². The van der Waals surface area contributed by atoms with Crippen LogP contribution in [-0.4, -0.2) is 29.9 Å². The van der Waals surface area contributed by atoms with Crippen LogP contribution < -0.4 is 0 Å². The summed E-state index contributed by atoms with van der Waals surface area (Å²) in [6.07, 6.45) is 5.46. The molecule has 4 nitrogen and oxygen atoms in total. The first-order valence-electron chi connectivity index (χ1n) is 3.64. The van der Waals surface area contributed by atoms with Crippen LogP contribution >= 0.6 is 0 Å². The van der Waals surface area contributed by atoms with Crippen LogP contribution in [-0.2, 0) is 0 Å². The van der Waals surface area contributed by atoms with Crippen molar-refractivity contribution in [3.8, 4) is 6.07 Å². The summed E-state index contributed by atoms with van der Waals surface area (Å²) in [6, 6.07) is 2.01. The molecule has 0 aromatic heterocycles. The van der Waals surface area contributed by atoms with Gasteiger partial charge in [0.05, 0.1) is 18.7 Å². The minimum atomic E-state index is 0.466. The van der Waals surface area contributed by atoms with Crippen LogP contribution in [0.2, 0.25) is 0 Å². The molecule has 0 atom stereocenters. The Morgan fingerprint density at radius 1 is 1.67 bits per heavy atom. The summed E-state index contributed by atoms with van der Waals surface area (Å²) in [7, 11) is 1.99. The van der Waals surface area contributed by atoms with Gasteiger partial charge in [0.15, 0.2) is 0 Å². The van der Waals surface area contributed by atoms with Gasteiger partial charge in [-0.05, 0) is 6.08 Å². The second kappa shape index (κ2) is 2.38. The fourth-order valence-corrected chi connectivity index (χ4v) is 1.26. The Balaban J connectivity index is 2.33. The van der Waals surface area contributed by atoms with E-state index in [1.807, 2.05) is 29.1 Å². The lowest BCUT2D eigenvalue weighted by Crippen LogP contribution is -2.24. The molecule has 2 heterocycles. The van der Waals surface area contributed by atoms with E-state index in [-0.39, 0.29) is 0 Å². The van der Waals surface area contributed by atoms with Gasteiger partial charge >= 0.3 is 0 Å². The highest BCUT2D eigenvalue weighted by Gasteiger charge is 2.18.